The van der Waals surface area contributed by atoms with Gasteiger partial charge in [-0.3, -0.25) is 14.0 Å². The first-order valence-electron chi connectivity index (χ1n) is 15.3. The summed E-state index contributed by atoms with van der Waals surface area (Å²) in [6.07, 6.45) is 2.22. The first kappa shape index (κ1) is 33.5. The molecule has 1 aliphatic rings. The van der Waals surface area contributed by atoms with Crippen molar-refractivity contribution < 1.29 is 58.4 Å². The molecule has 7 aromatic rings. The zero-order chi connectivity index (χ0) is 37.4. The second-order valence-corrected chi connectivity index (χ2v) is 14.6. The number of carbonyl (C=O) groups is 1. The Morgan fingerprint density at radius 3 is 2.06 bits per heavy atom. The van der Waals surface area contributed by atoms with E-state index in [0.29, 0.717) is 33.1 Å². The van der Waals surface area contributed by atoms with E-state index in [-0.39, 0.29) is 39.9 Å². The van der Waals surface area contributed by atoms with Crippen LogP contribution in [0.25, 0.3) is 66.1 Å². The van der Waals surface area contributed by atoms with Crippen molar-refractivity contribution in [1.82, 2.24) is 0 Å². The predicted molar refractivity (Wildman–Crippen MR) is 194 cm³/mol. The molecular weight excluding hydrogens is 729 g/mol. The van der Waals surface area contributed by atoms with Crippen LogP contribution in [0.4, 0.5) is 5.69 Å². The van der Waals surface area contributed by atoms with Gasteiger partial charge in [-0.25, -0.2) is 4.79 Å². The number of carboxylic acid groups (broad SMARTS) is 1. The van der Waals surface area contributed by atoms with E-state index in [1.165, 1.54) is 12.1 Å². The molecule has 0 saturated carbocycles. The summed E-state index contributed by atoms with van der Waals surface area (Å²) in [4.78, 5) is 13.5. The molecule has 0 fully saturated rings. The molecule has 4 aromatic carbocycles. The number of fused-ring (bicyclic) bond motifs is 8. The second-order valence-electron chi connectivity index (χ2n) is 11.8. The van der Waals surface area contributed by atoms with Crippen LogP contribution in [0.1, 0.15) is 5.89 Å². The number of rotatable bonds is 8. The van der Waals surface area contributed by atoms with Gasteiger partial charge in [0.2, 0.25) is 11.5 Å². The van der Waals surface area contributed by atoms with Crippen LogP contribution < -0.4 is 14.2 Å². The third-order valence-corrected chi connectivity index (χ3v) is 9.82. The zero-order valence-electron chi connectivity index (χ0n) is 26.9. The highest BCUT2D eigenvalue weighted by molar-refractivity contribution is 7.94. The number of aromatic nitrogens is 1. The highest BCUT2D eigenvalue weighted by Gasteiger charge is 2.36. The maximum absolute atomic E-state index is 12.7. The van der Waals surface area contributed by atoms with Gasteiger partial charge < -0.3 is 23.1 Å². The molecule has 0 bridgehead atoms. The SMILES string of the molecule is C=C=C=C([n+]1c(C=C(C=C2Oc3cc4c(cc3N2CS(=O)(=O)O)oc2ccccc24)C(=C)C(=O)O)oc2cc3c(cc21)oc1ccccc13)S(=O)(=O)O. The van der Waals surface area contributed by atoms with Gasteiger partial charge in [0.15, 0.2) is 11.6 Å². The summed E-state index contributed by atoms with van der Waals surface area (Å²) in [5, 5.41) is 11.9. The number of anilines is 1. The van der Waals surface area contributed by atoms with Crippen molar-refractivity contribution in [2.24, 2.45) is 0 Å². The lowest BCUT2D eigenvalue weighted by Gasteiger charge is -2.16. The molecule has 0 aliphatic carbocycles. The van der Waals surface area contributed by atoms with Crippen LogP contribution in [-0.4, -0.2) is 42.9 Å². The third kappa shape index (κ3) is 5.79. The molecule has 3 aromatic heterocycles. The van der Waals surface area contributed by atoms with Crippen molar-refractivity contribution in [2.45, 2.75) is 0 Å². The van der Waals surface area contributed by atoms with Crippen molar-refractivity contribution in [3.05, 3.63) is 126 Å². The molecule has 0 unspecified atom stereocenters. The van der Waals surface area contributed by atoms with E-state index in [9.17, 15) is 35.8 Å². The first-order valence-corrected chi connectivity index (χ1v) is 18.4. The number of para-hydroxylation sites is 2. The Hall–Kier alpha value is -6.64. The fraction of sp³-hybridized carbons (Fsp3) is 0.0270. The van der Waals surface area contributed by atoms with E-state index in [1.54, 1.807) is 42.5 Å². The molecule has 14 nitrogen and oxygen atoms in total. The molecule has 53 heavy (non-hydrogen) atoms. The number of carboxylic acids is 1. The number of hydrogen-bond acceptors (Lipinski definition) is 10. The predicted octanol–water partition coefficient (Wildman–Crippen LogP) is 6.76. The molecule has 0 saturated heterocycles. The van der Waals surface area contributed by atoms with Gasteiger partial charge in [-0.15, -0.1) is 0 Å². The number of ether oxygens (including phenoxy) is 1. The van der Waals surface area contributed by atoms with Crippen LogP contribution >= 0.6 is 0 Å². The number of benzene rings is 4. The standard InChI is InChI=1S/C37H22N2O12S2/c1-3-8-36(53(45,46)47)39-27-18-31-25(23-10-5-7-12-29(23)49-31)16-33(27)51-35(39)14-21(20(2)37(40)41)13-34-38(19-52(42,43)44)26-17-30-24(15-32(26)50-34)22-9-4-6-11-28(22)48-30/h4-7,9-18H,1-2,19H2,(H2-,40,41,42,43,44,45,46,47)/p+1. The van der Waals surface area contributed by atoms with Crippen LogP contribution in [0, 0.1) is 0 Å². The van der Waals surface area contributed by atoms with Gasteiger partial charge in [-0.1, -0.05) is 53.3 Å². The van der Waals surface area contributed by atoms with Crippen molar-refractivity contribution in [1.29, 1.82) is 0 Å². The monoisotopic (exact) mass is 751 g/mol. The van der Waals surface area contributed by atoms with Crippen LogP contribution in [0.5, 0.6) is 5.75 Å². The number of aliphatic carboxylic acids is 1. The van der Waals surface area contributed by atoms with Gasteiger partial charge in [0, 0.05) is 45.0 Å². The number of hydrogen-bond donors (Lipinski definition) is 3. The molecule has 1 aliphatic heterocycles. The Bertz CT molecular complexity index is 3170. The maximum atomic E-state index is 12.7. The van der Waals surface area contributed by atoms with E-state index >= 15 is 0 Å². The van der Waals surface area contributed by atoms with E-state index in [0.717, 1.165) is 32.4 Å². The number of nitrogens with zero attached hydrogens (tertiary/aromatic N) is 2. The largest absolute Gasteiger partial charge is 0.478 e. The van der Waals surface area contributed by atoms with Crippen molar-refractivity contribution in [2.75, 3.05) is 10.8 Å². The van der Waals surface area contributed by atoms with Crippen molar-refractivity contribution in [3.8, 4) is 5.75 Å². The number of furan rings is 2. The minimum Gasteiger partial charge on any atom is -0.478 e. The summed E-state index contributed by atoms with van der Waals surface area (Å²) in [7, 11) is -9.79. The van der Waals surface area contributed by atoms with E-state index in [2.05, 4.69) is 24.6 Å². The smallest absolute Gasteiger partial charge is 0.385 e. The first-order chi connectivity index (χ1) is 25.2. The van der Waals surface area contributed by atoms with E-state index in [4.69, 9.17) is 18.0 Å². The highest BCUT2D eigenvalue weighted by atomic mass is 32.2. The molecule has 0 spiro atoms. The van der Waals surface area contributed by atoms with Crippen LogP contribution in [0.15, 0.2) is 134 Å². The van der Waals surface area contributed by atoms with Gasteiger partial charge in [-0.2, -0.15) is 16.8 Å². The summed E-state index contributed by atoms with van der Waals surface area (Å²) in [6, 6.07) is 20.5. The normalized spacial score (nSPS) is 14.3. The molecule has 16 heteroatoms. The Labute approximate surface area is 298 Å². The quantitative estimate of drug-likeness (QED) is 0.0484. The van der Waals surface area contributed by atoms with Crippen molar-refractivity contribution >= 4 is 98.0 Å². The average Bonchev–Trinajstić information content (AvgIpc) is 3.83. The number of oxazole rings is 1. The lowest BCUT2D eigenvalue weighted by atomic mass is 10.1. The molecular formula is C37H23N2O12S2+. The minimum absolute atomic E-state index is 0.0541. The maximum Gasteiger partial charge on any atom is 0.385 e. The molecule has 0 radical (unpaired) electrons. The molecule has 264 valence electrons. The summed E-state index contributed by atoms with van der Waals surface area (Å²) in [6.45, 7) is 7.02. The summed E-state index contributed by atoms with van der Waals surface area (Å²) in [5.74, 6) is -2.99. The van der Waals surface area contributed by atoms with Gasteiger partial charge in [0.1, 0.15) is 22.3 Å². The van der Waals surface area contributed by atoms with Gasteiger partial charge >= 0.3 is 27.0 Å². The lowest BCUT2D eigenvalue weighted by Crippen LogP contribution is -2.37. The van der Waals surface area contributed by atoms with Crippen LogP contribution in [-0.2, 0) is 25.0 Å². The van der Waals surface area contributed by atoms with E-state index < -0.39 is 42.7 Å². The average molecular weight is 752 g/mol. The Morgan fingerprint density at radius 1 is 0.830 bits per heavy atom. The van der Waals surface area contributed by atoms with Gasteiger partial charge in [0.05, 0.1) is 23.4 Å². The minimum atomic E-state index is -5.08. The van der Waals surface area contributed by atoms with Gasteiger partial charge in [0.25, 0.3) is 15.6 Å². The van der Waals surface area contributed by atoms with E-state index in [1.807, 2.05) is 18.2 Å². The molecule has 8 rings (SSSR count). The fourth-order valence-corrected chi connectivity index (χ4v) is 7.43. The fourth-order valence-electron chi connectivity index (χ4n) is 6.22. The molecule has 0 atom stereocenters. The summed E-state index contributed by atoms with van der Waals surface area (Å²) in [5.41, 5.74) is 5.76. The highest BCUT2D eigenvalue weighted by Crippen LogP contribution is 2.45. The third-order valence-electron chi connectivity index (χ3n) is 8.46. The van der Waals surface area contributed by atoms with Crippen LogP contribution in [0.2, 0.25) is 0 Å². The lowest BCUT2D eigenvalue weighted by molar-refractivity contribution is -0.553. The topological polar surface area (TPSA) is 202 Å². The second kappa shape index (κ2) is 12.0. The van der Waals surface area contributed by atoms with Crippen LogP contribution in [0.3, 0.4) is 0 Å². The van der Waals surface area contributed by atoms with Gasteiger partial charge in [-0.05, 0) is 30.8 Å². The molecule has 4 heterocycles. The summed E-state index contributed by atoms with van der Waals surface area (Å²) >= 11 is 0. The molecule has 3 N–H and O–H groups in total. The molecule has 0 amide bonds. The zero-order valence-corrected chi connectivity index (χ0v) is 28.6. The van der Waals surface area contributed by atoms with Crippen molar-refractivity contribution in [3.63, 3.8) is 0 Å². The Kier molecular flexibility index (Phi) is 7.57. The Balaban J connectivity index is 1.37. The summed E-state index contributed by atoms with van der Waals surface area (Å²) < 4.78 is 95.2. The number of allylic oxidation sites excluding steroid dienone is 1. The Morgan fingerprint density at radius 2 is 1.45 bits per heavy atom.